The molecule has 1 unspecified atom stereocenters. The van der Waals surface area contributed by atoms with E-state index in [-0.39, 0.29) is 17.1 Å². The molecular weight excluding hydrogens is 490 g/mol. The van der Waals surface area contributed by atoms with Crippen LogP contribution >= 0.6 is 0 Å². The van der Waals surface area contributed by atoms with Gasteiger partial charge in [-0.25, -0.2) is 0 Å². The molecule has 2 heterocycles. The summed E-state index contributed by atoms with van der Waals surface area (Å²) in [6, 6.07) is 18.7. The first-order valence-corrected chi connectivity index (χ1v) is 13.7. The Kier molecular flexibility index (Phi) is 7.73. The van der Waals surface area contributed by atoms with Gasteiger partial charge in [-0.2, -0.15) is 0 Å². The molecule has 6 heteroatoms. The summed E-state index contributed by atoms with van der Waals surface area (Å²) in [5.41, 5.74) is 4.20. The first-order valence-electron chi connectivity index (χ1n) is 13.7. The number of fused-ring (bicyclic) bond motifs is 2. The van der Waals surface area contributed by atoms with Crippen LogP contribution in [-0.4, -0.2) is 24.0 Å². The van der Waals surface area contributed by atoms with Gasteiger partial charge in [-0.05, 0) is 67.6 Å². The van der Waals surface area contributed by atoms with Crippen molar-refractivity contribution >= 4 is 16.9 Å². The van der Waals surface area contributed by atoms with Crippen LogP contribution in [0.25, 0.3) is 11.0 Å². The molecule has 1 atom stereocenters. The number of hydrogen-bond acceptors (Lipinski definition) is 5. The minimum atomic E-state index is -0.623. The largest absolute Gasteiger partial charge is 0.490 e. The fourth-order valence-electron chi connectivity index (χ4n) is 5.38. The van der Waals surface area contributed by atoms with Crippen LogP contribution in [0.5, 0.6) is 11.5 Å². The van der Waals surface area contributed by atoms with E-state index in [9.17, 15) is 9.59 Å². The molecule has 0 bridgehead atoms. The van der Waals surface area contributed by atoms with Crippen molar-refractivity contribution in [2.24, 2.45) is 0 Å². The zero-order chi connectivity index (χ0) is 27.5. The van der Waals surface area contributed by atoms with Gasteiger partial charge in [0.25, 0.3) is 5.91 Å². The lowest BCUT2D eigenvalue weighted by Gasteiger charge is -2.26. The van der Waals surface area contributed by atoms with Gasteiger partial charge in [-0.1, -0.05) is 62.2 Å². The SMILES string of the molecule is CCCCCOc1ccc(C2c3c(oc4c(C)cc(C)cc4c3=O)C(=O)N2Cc2ccccc2)cc1OCC. The van der Waals surface area contributed by atoms with Crippen LogP contribution in [0.3, 0.4) is 0 Å². The smallest absolute Gasteiger partial charge is 0.291 e. The van der Waals surface area contributed by atoms with E-state index in [2.05, 4.69) is 6.92 Å². The molecule has 202 valence electrons. The maximum atomic E-state index is 14.0. The highest BCUT2D eigenvalue weighted by Crippen LogP contribution is 2.42. The Labute approximate surface area is 229 Å². The second-order valence-electron chi connectivity index (χ2n) is 10.1. The lowest BCUT2D eigenvalue weighted by atomic mass is 9.96. The fraction of sp³-hybridized carbons (Fsp3) is 0.333. The van der Waals surface area contributed by atoms with Gasteiger partial charge in [0, 0.05) is 6.54 Å². The molecule has 39 heavy (non-hydrogen) atoms. The molecule has 0 aliphatic carbocycles. The van der Waals surface area contributed by atoms with E-state index in [0.717, 1.165) is 41.5 Å². The molecule has 0 N–H and O–H groups in total. The Bertz CT molecular complexity index is 1560. The van der Waals surface area contributed by atoms with Gasteiger partial charge in [0.1, 0.15) is 5.58 Å². The number of ether oxygens (including phenoxy) is 2. The van der Waals surface area contributed by atoms with Crippen molar-refractivity contribution in [2.45, 2.75) is 59.5 Å². The molecule has 0 radical (unpaired) electrons. The second kappa shape index (κ2) is 11.4. The summed E-state index contributed by atoms with van der Waals surface area (Å²) in [7, 11) is 0. The van der Waals surface area contributed by atoms with Gasteiger partial charge in [0.15, 0.2) is 16.9 Å². The van der Waals surface area contributed by atoms with Crippen LogP contribution in [0.15, 0.2) is 69.9 Å². The predicted molar refractivity (Wildman–Crippen MR) is 153 cm³/mol. The average Bonchev–Trinajstić information content (AvgIpc) is 3.20. The highest BCUT2D eigenvalue weighted by Gasteiger charge is 2.43. The van der Waals surface area contributed by atoms with Gasteiger partial charge in [-0.15, -0.1) is 0 Å². The molecule has 4 aromatic rings. The maximum Gasteiger partial charge on any atom is 0.291 e. The molecule has 0 saturated carbocycles. The van der Waals surface area contributed by atoms with E-state index >= 15 is 0 Å². The standard InChI is InChI=1S/C33H35NO5/c1-5-7-11-16-38-26-15-14-24(19-27(26)37-6-2)29-28-30(35)25-18-21(3)17-22(4)31(25)39-32(28)33(36)34(29)20-23-12-9-8-10-13-23/h8-10,12-15,17-19,29H,5-7,11,16,20H2,1-4H3. The molecule has 5 rings (SSSR count). The topological polar surface area (TPSA) is 69.0 Å². The van der Waals surface area contributed by atoms with E-state index in [1.165, 1.54) is 0 Å². The third kappa shape index (κ3) is 5.16. The number of nitrogens with zero attached hydrogens (tertiary/aromatic N) is 1. The molecule has 1 aliphatic heterocycles. The lowest BCUT2D eigenvalue weighted by Crippen LogP contribution is -2.29. The second-order valence-corrected chi connectivity index (χ2v) is 10.1. The van der Waals surface area contributed by atoms with Crippen LogP contribution in [0, 0.1) is 13.8 Å². The van der Waals surface area contributed by atoms with Crippen molar-refractivity contribution < 1.29 is 18.7 Å². The third-order valence-corrected chi connectivity index (χ3v) is 7.18. The van der Waals surface area contributed by atoms with Gasteiger partial charge >= 0.3 is 0 Å². The van der Waals surface area contributed by atoms with E-state index in [1.807, 2.05) is 81.4 Å². The monoisotopic (exact) mass is 525 g/mol. The molecule has 3 aromatic carbocycles. The van der Waals surface area contributed by atoms with Crippen molar-refractivity contribution in [3.8, 4) is 11.5 Å². The zero-order valence-electron chi connectivity index (χ0n) is 23.1. The maximum absolute atomic E-state index is 14.0. The normalized spacial score (nSPS) is 14.6. The Morgan fingerprint density at radius 3 is 2.44 bits per heavy atom. The molecule has 6 nitrogen and oxygen atoms in total. The van der Waals surface area contributed by atoms with Crippen LogP contribution in [0.1, 0.15) is 77.5 Å². The van der Waals surface area contributed by atoms with Crippen LogP contribution in [-0.2, 0) is 6.54 Å². The van der Waals surface area contributed by atoms with Crippen LogP contribution in [0.2, 0.25) is 0 Å². The number of rotatable bonds is 10. The van der Waals surface area contributed by atoms with E-state index in [1.54, 1.807) is 4.90 Å². The fourth-order valence-corrected chi connectivity index (χ4v) is 5.38. The van der Waals surface area contributed by atoms with Crippen LogP contribution < -0.4 is 14.9 Å². The first kappa shape index (κ1) is 26.5. The number of unbranched alkanes of at least 4 members (excludes halogenated alkanes) is 2. The summed E-state index contributed by atoms with van der Waals surface area (Å²) in [5.74, 6) is 1.07. The van der Waals surface area contributed by atoms with Crippen molar-refractivity contribution in [2.75, 3.05) is 13.2 Å². The quantitative estimate of drug-likeness (QED) is 0.206. The summed E-state index contributed by atoms with van der Waals surface area (Å²) >= 11 is 0. The first-order chi connectivity index (χ1) is 18.9. The Morgan fingerprint density at radius 2 is 1.69 bits per heavy atom. The van der Waals surface area contributed by atoms with Crippen molar-refractivity contribution in [3.63, 3.8) is 0 Å². The summed E-state index contributed by atoms with van der Waals surface area (Å²) in [4.78, 5) is 29.6. The van der Waals surface area contributed by atoms with Gasteiger partial charge in [0.05, 0.1) is 30.2 Å². The Hall–Kier alpha value is -4.06. The van der Waals surface area contributed by atoms with Gasteiger partial charge in [-0.3, -0.25) is 9.59 Å². The molecule has 0 saturated heterocycles. The summed E-state index contributed by atoms with van der Waals surface area (Å²) in [6.07, 6.45) is 3.18. The van der Waals surface area contributed by atoms with E-state index < -0.39 is 6.04 Å². The molecule has 1 aromatic heterocycles. The van der Waals surface area contributed by atoms with Gasteiger partial charge in [0.2, 0.25) is 5.76 Å². The number of amides is 1. The molecule has 0 fully saturated rings. The minimum Gasteiger partial charge on any atom is -0.490 e. The number of hydrogen-bond donors (Lipinski definition) is 0. The van der Waals surface area contributed by atoms with E-state index in [4.69, 9.17) is 13.9 Å². The molecular formula is C33H35NO5. The third-order valence-electron chi connectivity index (χ3n) is 7.18. The van der Waals surface area contributed by atoms with Crippen molar-refractivity contribution in [1.29, 1.82) is 0 Å². The van der Waals surface area contributed by atoms with Crippen molar-refractivity contribution in [3.05, 3.63) is 104 Å². The number of benzene rings is 3. The highest BCUT2D eigenvalue weighted by molar-refractivity contribution is 5.99. The predicted octanol–water partition coefficient (Wildman–Crippen LogP) is 7.12. The molecule has 1 aliphatic rings. The number of carbonyl (C=O) groups excluding carboxylic acids is 1. The van der Waals surface area contributed by atoms with E-state index in [0.29, 0.717) is 47.8 Å². The minimum absolute atomic E-state index is 0.109. The lowest BCUT2D eigenvalue weighted by molar-refractivity contribution is 0.0714. The Morgan fingerprint density at radius 1 is 0.897 bits per heavy atom. The molecule has 0 spiro atoms. The molecule has 1 amide bonds. The average molecular weight is 526 g/mol. The summed E-state index contributed by atoms with van der Waals surface area (Å²) < 4.78 is 18.2. The zero-order valence-corrected chi connectivity index (χ0v) is 23.1. The van der Waals surface area contributed by atoms with Crippen LogP contribution in [0.4, 0.5) is 0 Å². The van der Waals surface area contributed by atoms with Gasteiger partial charge < -0.3 is 18.8 Å². The number of carbonyl (C=O) groups is 1. The summed E-state index contributed by atoms with van der Waals surface area (Å²) in [6.45, 7) is 9.34. The highest BCUT2D eigenvalue weighted by atomic mass is 16.5. The summed E-state index contributed by atoms with van der Waals surface area (Å²) in [5, 5.41) is 0.492. The van der Waals surface area contributed by atoms with Crippen molar-refractivity contribution in [1.82, 2.24) is 4.90 Å². The number of aryl methyl sites for hydroxylation is 2. The Balaban J connectivity index is 1.65.